The Balaban J connectivity index is 0.000000214. The number of Topliss-reactive ketones (excluding diaryl/α,β-unsaturated/α-hetero) is 1. The van der Waals surface area contributed by atoms with Gasteiger partial charge in [-0.05, 0) is 115 Å². The first-order valence-corrected chi connectivity index (χ1v) is 30.0. The van der Waals surface area contributed by atoms with Gasteiger partial charge in [-0.25, -0.2) is 69.9 Å². The van der Waals surface area contributed by atoms with Gasteiger partial charge in [-0.3, -0.25) is 24.9 Å². The van der Waals surface area contributed by atoms with Crippen LogP contribution in [-0.2, 0) is 42.8 Å². The number of aliphatic hydroxyl groups excluding tert-OH is 1. The van der Waals surface area contributed by atoms with Crippen molar-refractivity contribution in [3.05, 3.63) is 185 Å². The van der Waals surface area contributed by atoms with Crippen LogP contribution in [0.1, 0.15) is 75.0 Å². The number of carbonyl (C=O) groups excluding carboxylic acids is 2. The van der Waals surface area contributed by atoms with Crippen LogP contribution in [0.15, 0.2) is 126 Å². The highest BCUT2D eigenvalue weighted by Crippen LogP contribution is 2.45. The summed E-state index contributed by atoms with van der Waals surface area (Å²) in [7, 11) is 0. The van der Waals surface area contributed by atoms with Crippen molar-refractivity contribution in [2.45, 2.75) is 103 Å². The Labute approximate surface area is 575 Å². The predicted octanol–water partition coefficient (Wildman–Crippen LogP) is 12.9. The molecular formula is C58H46Br3F20N13O6. The summed E-state index contributed by atoms with van der Waals surface area (Å²) in [6.45, 7) is 0.957. The topological polar surface area (TPSA) is 278 Å². The molecule has 0 bridgehead atoms. The fourth-order valence-corrected chi connectivity index (χ4v) is 10.2. The van der Waals surface area contributed by atoms with Crippen molar-refractivity contribution in [2.24, 2.45) is 32.2 Å². The van der Waals surface area contributed by atoms with E-state index < -0.39 is 206 Å². The molecule has 1 aromatic carbocycles. The highest BCUT2D eigenvalue weighted by Gasteiger charge is 2.56. The maximum atomic E-state index is 14.5. The van der Waals surface area contributed by atoms with Gasteiger partial charge < -0.3 is 36.5 Å². The maximum Gasteiger partial charge on any atom is 0.425 e. The zero-order chi connectivity index (χ0) is 74.7. The summed E-state index contributed by atoms with van der Waals surface area (Å²) in [6.07, 6.45) is -33.3. The van der Waals surface area contributed by atoms with Gasteiger partial charge in [0.05, 0.1) is 24.2 Å². The smallest absolute Gasteiger partial charge is 0.425 e. The number of nitrogens with two attached hydrogens (primary N) is 3. The number of nitrogens with one attached hydrogen (secondary N) is 1. The molecule has 6 aromatic rings. The number of amides is 1. The van der Waals surface area contributed by atoms with Gasteiger partial charge in [0.15, 0.2) is 30.2 Å². The molecule has 0 saturated heterocycles. The van der Waals surface area contributed by atoms with E-state index in [9.17, 15) is 97.4 Å². The van der Waals surface area contributed by atoms with Crippen LogP contribution in [0, 0.1) is 29.8 Å². The first kappa shape index (κ1) is 80.5. The van der Waals surface area contributed by atoms with Crippen molar-refractivity contribution in [3.63, 3.8) is 0 Å². The van der Waals surface area contributed by atoms with Crippen molar-refractivity contribution in [2.75, 3.05) is 26.7 Å². The first-order chi connectivity index (χ1) is 46.5. The molecule has 0 fully saturated rings. The van der Waals surface area contributed by atoms with Crippen LogP contribution < -0.4 is 22.5 Å². The highest BCUT2D eigenvalue weighted by atomic mass is 79.9. The molecule has 3 aliphatic rings. The molecule has 0 aliphatic carbocycles. The number of halogens is 23. The molecule has 0 spiro atoms. The van der Waals surface area contributed by atoms with Gasteiger partial charge in [-0.1, -0.05) is 24.3 Å². The average molecular weight is 1640 g/mol. The minimum absolute atomic E-state index is 0.00532. The predicted molar refractivity (Wildman–Crippen MR) is 321 cm³/mol. The molecule has 100 heavy (non-hydrogen) atoms. The molecular weight excluding hydrogens is 1590 g/mol. The molecule has 42 heteroatoms. The van der Waals surface area contributed by atoms with Crippen molar-refractivity contribution < 1.29 is 117 Å². The Morgan fingerprint density at radius 3 is 1.45 bits per heavy atom. The summed E-state index contributed by atoms with van der Waals surface area (Å²) < 4.78 is 279. The van der Waals surface area contributed by atoms with Crippen LogP contribution in [0.4, 0.5) is 93.5 Å². The van der Waals surface area contributed by atoms with E-state index in [1.807, 2.05) is 0 Å². The van der Waals surface area contributed by atoms with Crippen molar-refractivity contribution in [1.82, 2.24) is 30.2 Å². The normalized spacial score (nSPS) is 21.6. The third-order valence-electron chi connectivity index (χ3n) is 14.1. The second kappa shape index (κ2) is 32.5. The van der Waals surface area contributed by atoms with E-state index in [0.29, 0.717) is 0 Å². The zero-order valence-corrected chi connectivity index (χ0v) is 54.6. The fraction of sp³-hybridized carbons (Fsp3) is 0.362. The van der Waals surface area contributed by atoms with Crippen molar-refractivity contribution >= 4 is 83.2 Å². The Morgan fingerprint density at radius 2 is 1.03 bits per heavy atom. The van der Waals surface area contributed by atoms with E-state index in [1.165, 1.54) is 48.7 Å². The Hall–Kier alpha value is -8.43. The number of carbonyl (C=O) groups is 2. The number of ketones is 1. The van der Waals surface area contributed by atoms with Crippen LogP contribution >= 0.6 is 47.8 Å². The minimum atomic E-state index is -4.97. The van der Waals surface area contributed by atoms with Crippen LogP contribution in [0.25, 0.3) is 4.85 Å². The molecule has 8 atom stereocenters. The summed E-state index contributed by atoms with van der Waals surface area (Å²) in [6, 6.07) is 16.0. The molecule has 5 aromatic heterocycles. The maximum absolute atomic E-state index is 14.5. The Morgan fingerprint density at radius 1 is 0.600 bits per heavy atom. The fourth-order valence-electron chi connectivity index (χ4n) is 9.27. The quantitative estimate of drug-likeness (QED) is 0.0294. The number of nitrogens with zero attached hydrogens (tertiary/aromatic N) is 9. The molecule has 540 valence electrons. The third kappa shape index (κ3) is 20.2. The molecule has 8 N–H and O–H groups in total. The summed E-state index contributed by atoms with van der Waals surface area (Å²) in [4.78, 5) is 57.6. The molecule has 0 unspecified atom stereocenters. The summed E-state index contributed by atoms with van der Waals surface area (Å²) in [5.41, 5.74) is 4.46. The number of hydrogen-bond donors (Lipinski definition) is 5. The van der Waals surface area contributed by atoms with Crippen LogP contribution in [0.3, 0.4) is 0 Å². The second-order valence-electron chi connectivity index (χ2n) is 21.4. The highest BCUT2D eigenvalue weighted by molar-refractivity contribution is 9.11. The van der Waals surface area contributed by atoms with Crippen LogP contribution in [-0.4, -0.2) is 136 Å². The van der Waals surface area contributed by atoms with Gasteiger partial charge in [-0.2, -0.15) is 52.7 Å². The number of hydrogen-bond acceptors (Lipinski definition) is 17. The number of aliphatic hydroxyl groups is 1. The van der Waals surface area contributed by atoms with E-state index in [0.717, 1.165) is 30.3 Å². The molecule has 0 saturated carbocycles. The standard InChI is InChI=1S/C19H14F5N5O2.C18H13BrF5N3O2.C11H9BrF5N3O.C10H10BrF5N2O/c1-26-11-3-5-13(27-8-11)14(30)6-10-2-4-12(21)16(28-10)18(9-20)7-15(19(22,23)24)31-17(25)29-18;19-13-7-6-11(21)14(25-13)17(9-20)8-12(18(22,23)24)29-16(27-17)26-15(28)10-4-2-1-3-5-10;12-7-2-1-5(14)8(19-7)10(4-13)3-6(11(15,16)17)21-9(18)20-10;11-7-2-1-5(13)8(18-7)9(17,4-12)3-6(19)10(14,15)16/h2-5,8,15H,6-7,9H2,(H2,25,29);1-7,12H,8-9H2,(H,26,27,28);1-2,6H,3-4H2,(H2,18,20);1-2,6,19H,3-4,17H2/t15-,18+;12-,17+;6-,10+;6-,9+/m0000/s1. The first-order valence-electron chi connectivity index (χ1n) is 27.6. The van der Waals surface area contributed by atoms with Gasteiger partial charge in [0.25, 0.3) is 24.0 Å². The lowest BCUT2D eigenvalue weighted by atomic mass is 9.88. The second-order valence-corrected chi connectivity index (χ2v) is 23.8. The monoisotopic (exact) mass is 1640 g/mol. The summed E-state index contributed by atoms with van der Waals surface area (Å²) >= 11 is 8.82. The molecule has 1 amide bonds. The Bertz CT molecular complexity index is 4030. The van der Waals surface area contributed by atoms with Crippen LogP contribution in [0.2, 0.25) is 0 Å². The van der Waals surface area contributed by atoms with E-state index in [1.54, 1.807) is 18.2 Å². The summed E-state index contributed by atoms with van der Waals surface area (Å²) in [5.74, 6) is -5.52. The molecule has 0 radical (unpaired) electrons. The number of rotatable bonds is 14. The lowest BCUT2D eigenvalue weighted by Gasteiger charge is -2.36. The van der Waals surface area contributed by atoms with E-state index in [4.69, 9.17) is 33.6 Å². The van der Waals surface area contributed by atoms with E-state index >= 15 is 0 Å². The summed E-state index contributed by atoms with van der Waals surface area (Å²) in [5, 5.41) is 11.0. The minimum Gasteiger partial charge on any atom is -0.452 e. The lowest BCUT2D eigenvalue weighted by Crippen LogP contribution is -2.50. The van der Waals surface area contributed by atoms with Gasteiger partial charge in [0, 0.05) is 43.1 Å². The van der Waals surface area contributed by atoms with E-state index in [-0.39, 0.29) is 36.4 Å². The van der Waals surface area contributed by atoms with Crippen molar-refractivity contribution in [1.29, 1.82) is 0 Å². The molecule has 9 rings (SSSR count). The number of aliphatic imine (C=N–C) groups is 3. The largest absolute Gasteiger partial charge is 0.452 e. The average Bonchev–Trinajstić information content (AvgIpc) is 0.774. The molecule has 3 aliphatic heterocycles. The van der Waals surface area contributed by atoms with E-state index in [2.05, 4.69) is 107 Å². The molecule has 8 heterocycles. The number of amidine groups is 3. The number of benzene rings is 1. The third-order valence-corrected chi connectivity index (χ3v) is 15.5. The number of alkyl halides is 16. The molecule has 19 nitrogen and oxygen atoms in total. The van der Waals surface area contributed by atoms with Crippen LogP contribution in [0.5, 0.6) is 0 Å². The Kier molecular flexibility index (Phi) is 26.2. The number of ether oxygens (including phenoxy) is 3. The van der Waals surface area contributed by atoms with Gasteiger partial charge in [-0.15, -0.1) is 0 Å². The van der Waals surface area contributed by atoms with Gasteiger partial charge in [0.1, 0.15) is 103 Å². The van der Waals surface area contributed by atoms with Crippen molar-refractivity contribution in [3.8, 4) is 0 Å². The SMILES string of the molecule is NC1=N[C@](CF)(c2nc(Br)ccc2F)C[C@@H](C(F)(F)F)O1.N[C@@](CF)(C[C@H](O)C(F)(F)F)c1nc(Br)ccc1F.O=C(NC1=N[C@](CF)(c2nc(Br)ccc2F)C[C@@H](C(F)(F)F)O1)c1ccccc1.[C-]#[N+]c1ccc(C(=O)Cc2ccc(F)c([C@]3(CF)C[C@@H](C(F)(F)F)OC(N)=N3)n2)nc1. The zero-order valence-electron chi connectivity index (χ0n) is 49.8. The van der Waals surface area contributed by atoms with Gasteiger partial charge >= 0.3 is 24.7 Å². The number of aromatic nitrogens is 5. The number of pyridine rings is 5. The lowest BCUT2D eigenvalue weighted by molar-refractivity contribution is -0.210. The van der Waals surface area contributed by atoms with Gasteiger partial charge in [0.2, 0.25) is 5.69 Å².